The molecule has 0 saturated heterocycles. The molecular formula is C11H28O3Si2. The lowest BCUT2D eigenvalue weighted by atomic mass is 10.4. The molecular weight excluding hydrogens is 236 g/mol. The lowest BCUT2D eigenvalue weighted by molar-refractivity contribution is 0.159. The van der Waals surface area contributed by atoms with E-state index in [0.717, 1.165) is 18.9 Å². The Kier molecular flexibility index (Phi) is 9.54. The summed E-state index contributed by atoms with van der Waals surface area (Å²) in [7, 11) is 0.0302. The molecule has 0 aromatic heterocycles. The van der Waals surface area contributed by atoms with E-state index in [4.69, 9.17) is 13.0 Å². The first kappa shape index (κ1) is 16.3. The largest absolute Gasteiger partial charge is 0.489 e. The summed E-state index contributed by atoms with van der Waals surface area (Å²) in [5.74, 6) is 0. The molecule has 98 valence electrons. The van der Waals surface area contributed by atoms with Gasteiger partial charge in [0.05, 0.1) is 0 Å². The lowest BCUT2D eigenvalue weighted by Gasteiger charge is -2.29. The molecule has 5 heteroatoms. The highest BCUT2D eigenvalue weighted by Gasteiger charge is 2.39. The van der Waals surface area contributed by atoms with Gasteiger partial charge in [0.1, 0.15) is 0 Å². The molecule has 0 aromatic rings. The number of unbranched alkanes of at least 4 members (excludes halogenated alkanes) is 2. The van der Waals surface area contributed by atoms with Gasteiger partial charge in [-0.15, -0.1) is 0 Å². The van der Waals surface area contributed by atoms with Gasteiger partial charge in [0.2, 0.25) is 0 Å². The maximum atomic E-state index is 6.17. The van der Waals surface area contributed by atoms with E-state index < -0.39 is 17.8 Å². The van der Waals surface area contributed by atoms with Gasteiger partial charge in [-0.05, 0) is 19.0 Å². The fourth-order valence-electron chi connectivity index (χ4n) is 1.69. The van der Waals surface area contributed by atoms with Gasteiger partial charge in [-0.25, -0.2) is 0 Å². The molecule has 0 heterocycles. The summed E-state index contributed by atoms with van der Waals surface area (Å²) in [4.78, 5) is 0. The maximum Gasteiger partial charge on any atom is 0.489 e. The van der Waals surface area contributed by atoms with Gasteiger partial charge in [-0.3, -0.25) is 0 Å². The highest BCUT2D eigenvalue weighted by atomic mass is 28.4. The summed E-state index contributed by atoms with van der Waals surface area (Å²) in [6, 6.07) is 2.18. The Hall–Kier alpha value is 0.314. The van der Waals surface area contributed by atoms with Gasteiger partial charge in [-0.2, -0.15) is 0 Å². The van der Waals surface area contributed by atoms with Crippen molar-refractivity contribution in [3.05, 3.63) is 0 Å². The second-order valence-corrected chi connectivity index (χ2v) is 10.1. The first-order chi connectivity index (χ1) is 7.64. The first-order valence-corrected chi connectivity index (χ1v) is 10.8. The van der Waals surface area contributed by atoms with Gasteiger partial charge in [0, 0.05) is 20.3 Å². The van der Waals surface area contributed by atoms with Crippen LogP contribution in [0.15, 0.2) is 0 Å². The molecule has 0 N–H and O–H groups in total. The molecule has 0 spiro atoms. The SMILES string of the molecule is CCCC[SiH](C)O[Si](CCCC)(OC)OC. The van der Waals surface area contributed by atoms with Crippen LogP contribution in [0.25, 0.3) is 0 Å². The van der Waals surface area contributed by atoms with Crippen molar-refractivity contribution in [3.63, 3.8) is 0 Å². The van der Waals surface area contributed by atoms with Crippen LogP contribution >= 0.6 is 0 Å². The van der Waals surface area contributed by atoms with Crippen molar-refractivity contribution in [1.82, 2.24) is 0 Å². The molecule has 0 saturated carbocycles. The van der Waals surface area contributed by atoms with E-state index in [-0.39, 0.29) is 0 Å². The molecule has 0 radical (unpaired) electrons. The first-order valence-electron chi connectivity index (χ1n) is 6.42. The molecule has 0 aliphatic heterocycles. The highest BCUT2D eigenvalue weighted by molar-refractivity contribution is 6.70. The standard InChI is InChI=1S/C11H28O3Si2/c1-6-8-10-15(5)14-16(12-3,13-4)11-9-7-2/h15H,6-11H2,1-5H3. The third kappa shape index (κ3) is 6.15. The van der Waals surface area contributed by atoms with Crippen LogP contribution in [-0.4, -0.2) is 32.1 Å². The summed E-state index contributed by atoms with van der Waals surface area (Å²) in [5, 5.41) is 0. The van der Waals surface area contributed by atoms with Crippen LogP contribution in [0.3, 0.4) is 0 Å². The minimum atomic E-state index is -2.32. The Bertz CT molecular complexity index is 163. The molecule has 0 aliphatic rings. The average molecular weight is 265 g/mol. The van der Waals surface area contributed by atoms with Crippen molar-refractivity contribution in [2.24, 2.45) is 0 Å². The topological polar surface area (TPSA) is 27.7 Å². The van der Waals surface area contributed by atoms with Crippen molar-refractivity contribution in [3.8, 4) is 0 Å². The third-order valence-electron chi connectivity index (χ3n) is 2.80. The highest BCUT2D eigenvalue weighted by Crippen LogP contribution is 2.20. The normalized spacial score (nSPS) is 14.1. The van der Waals surface area contributed by atoms with E-state index in [1.54, 1.807) is 14.2 Å². The summed E-state index contributed by atoms with van der Waals surface area (Å²) in [6.45, 7) is 6.65. The Labute approximate surface area is 104 Å². The lowest BCUT2D eigenvalue weighted by Crippen LogP contribution is -2.47. The predicted molar refractivity (Wildman–Crippen MR) is 73.3 cm³/mol. The molecule has 0 amide bonds. The van der Waals surface area contributed by atoms with Crippen molar-refractivity contribution >= 4 is 17.8 Å². The molecule has 3 nitrogen and oxygen atoms in total. The Morgan fingerprint density at radius 1 is 1.00 bits per heavy atom. The second-order valence-electron chi connectivity index (χ2n) is 4.27. The van der Waals surface area contributed by atoms with E-state index in [0.29, 0.717) is 0 Å². The zero-order valence-corrected chi connectivity index (χ0v) is 13.7. The average Bonchev–Trinajstić information content (AvgIpc) is 2.32. The van der Waals surface area contributed by atoms with Gasteiger partial charge in [0.15, 0.2) is 9.04 Å². The summed E-state index contributed by atoms with van der Waals surface area (Å²) < 4.78 is 17.3. The van der Waals surface area contributed by atoms with E-state index in [2.05, 4.69) is 20.4 Å². The van der Waals surface area contributed by atoms with Crippen molar-refractivity contribution in [1.29, 1.82) is 0 Å². The maximum absolute atomic E-state index is 6.17. The molecule has 1 unspecified atom stereocenters. The minimum Gasteiger partial charge on any atom is -0.418 e. The zero-order valence-electron chi connectivity index (χ0n) is 11.5. The van der Waals surface area contributed by atoms with Crippen molar-refractivity contribution < 1.29 is 13.0 Å². The summed E-state index contributed by atoms with van der Waals surface area (Å²) in [5.41, 5.74) is 0. The summed E-state index contributed by atoms with van der Waals surface area (Å²) >= 11 is 0. The van der Waals surface area contributed by atoms with Crippen LogP contribution in [-0.2, 0) is 13.0 Å². The molecule has 16 heavy (non-hydrogen) atoms. The Balaban J connectivity index is 4.17. The quantitative estimate of drug-likeness (QED) is 0.567. The van der Waals surface area contributed by atoms with Crippen LogP contribution in [0.5, 0.6) is 0 Å². The molecule has 1 atom stereocenters. The van der Waals surface area contributed by atoms with Gasteiger partial charge < -0.3 is 13.0 Å². The van der Waals surface area contributed by atoms with Crippen LogP contribution in [0.1, 0.15) is 39.5 Å². The van der Waals surface area contributed by atoms with E-state index in [9.17, 15) is 0 Å². The molecule has 0 aliphatic carbocycles. The van der Waals surface area contributed by atoms with Crippen molar-refractivity contribution in [2.45, 2.75) is 58.2 Å². The smallest absolute Gasteiger partial charge is 0.418 e. The van der Waals surface area contributed by atoms with Crippen LogP contribution in [0.2, 0.25) is 18.6 Å². The molecule has 0 rings (SSSR count). The Morgan fingerprint density at radius 2 is 1.56 bits per heavy atom. The second kappa shape index (κ2) is 9.35. The van der Waals surface area contributed by atoms with Crippen LogP contribution < -0.4 is 0 Å². The molecule has 0 fully saturated rings. The van der Waals surface area contributed by atoms with E-state index in [1.807, 2.05) is 0 Å². The van der Waals surface area contributed by atoms with Gasteiger partial charge in [0.25, 0.3) is 0 Å². The number of hydrogen-bond donors (Lipinski definition) is 0. The van der Waals surface area contributed by atoms with Crippen molar-refractivity contribution in [2.75, 3.05) is 14.2 Å². The number of rotatable bonds is 10. The van der Waals surface area contributed by atoms with Crippen LogP contribution in [0.4, 0.5) is 0 Å². The predicted octanol–water partition coefficient (Wildman–Crippen LogP) is 3.19. The minimum absolute atomic E-state index is 0.958. The zero-order chi connectivity index (χ0) is 12.4. The molecule has 0 bridgehead atoms. The Morgan fingerprint density at radius 3 is 2.00 bits per heavy atom. The summed E-state index contributed by atoms with van der Waals surface area (Å²) in [6.07, 6.45) is 4.79. The van der Waals surface area contributed by atoms with Gasteiger partial charge >= 0.3 is 8.80 Å². The van der Waals surface area contributed by atoms with E-state index >= 15 is 0 Å². The number of hydrogen-bond acceptors (Lipinski definition) is 3. The van der Waals surface area contributed by atoms with Crippen LogP contribution in [0, 0.1) is 0 Å². The van der Waals surface area contributed by atoms with E-state index in [1.165, 1.54) is 18.9 Å². The fourth-order valence-corrected chi connectivity index (χ4v) is 8.20. The molecule has 0 aromatic carbocycles. The van der Waals surface area contributed by atoms with Gasteiger partial charge in [-0.1, -0.05) is 33.1 Å². The fraction of sp³-hybridized carbons (Fsp3) is 1.00. The third-order valence-corrected chi connectivity index (χ3v) is 9.28. The monoisotopic (exact) mass is 264 g/mol.